The van der Waals surface area contributed by atoms with E-state index in [4.69, 9.17) is 0 Å². The van der Waals surface area contributed by atoms with Crippen molar-refractivity contribution in [2.75, 3.05) is 19.6 Å². The van der Waals surface area contributed by atoms with Crippen LogP contribution in [0.25, 0.3) is 5.52 Å². The third-order valence-corrected chi connectivity index (χ3v) is 4.43. The zero-order valence-corrected chi connectivity index (χ0v) is 14.7. The molecule has 0 aliphatic carbocycles. The number of carbonyl (C=O) groups excluding carboxylic acids is 2. The normalized spacial score (nSPS) is 15.6. The van der Waals surface area contributed by atoms with E-state index in [0.29, 0.717) is 18.5 Å². The third kappa shape index (κ3) is 3.22. The van der Waals surface area contributed by atoms with Crippen LogP contribution in [0.3, 0.4) is 0 Å². The predicted molar refractivity (Wildman–Crippen MR) is 86.2 cm³/mol. The van der Waals surface area contributed by atoms with Gasteiger partial charge in [0.2, 0.25) is 5.91 Å². The molecule has 0 saturated carbocycles. The van der Waals surface area contributed by atoms with Gasteiger partial charge in [-0.15, -0.1) is 0 Å². The second-order valence-electron chi connectivity index (χ2n) is 5.61. The fourth-order valence-electron chi connectivity index (χ4n) is 2.84. The molecule has 1 N–H and O–H groups in total. The van der Waals surface area contributed by atoms with Crippen molar-refractivity contribution in [1.29, 1.82) is 0 Å². The van der Waals surface area contributed by atoms with Gasteiger partial charge >= 0.3 is 6.18 Å². The Hall–Kier alpha value is -2.10. The number of amides is 2. The molecule has 0 bridgehead atoms. The molecule has 1 saturated heterocycles. The molecule has 1 fully saturated rings. The van der Waals surface area contributed by atoms with Crippen molar-refractivity contribution in [3.63, 3.8) is 0 Å². The zero-order valence-electron chi connectivity index (χ0n) is 13.2. The number of aromatic nitrogens is 2. The third-order valence-electron chi connectivity index (χ3n) is 3.97. The van der Waals surface area contributed by atoms with Gasteiger partial charge in [-0.1, -0.05) is 22.9 Å². The molecule has 1 aliphatic rings. The van der Waals surface area contributed by atoms with E-state index >= 15 is 0 Å². The molecular weight excluding hydrogens is 405 g/mol. The van der Waals surface area contributed by atoms with E-state index in [-0.39, 0.29) is 34.7 Å². The van der Waals surface area contributed by atoms with Crippen molar-refractivity contribution >= 4 is 33.3 Å². The van der Waals surface area contributed by atoms with Gasteiger partial charge in [0, 0.05) is 23.1 Å². The molecule has 1 aliphatic heterocycles. The van der Waals surface area contributed by atoms with Gasteiger partial charge in [0.25, 0.3) is 5.91 Å². The summed E-state index contributed by atoms with van der Waals surface area (Å²) in [5, 5.41) is 6.54. The fraction of sp³-hybridized carbons (Fsp3) is 0.400. The molecule has 0 spiro atoms. The van der Waals surface area contributed by atoms with E-state index in [1.54, 1.807) is 6.92 Å². The van der Waals surface area contributed by atoms with Crippen LogP contribution in [0, 0.1) is 0 Å². The number of aryl methyl sites for hydroxylation is 1. The van der Waals surface area contributed by atoms with Crippen LogP contribution in [0.5, 0.6) is 0 Å². The van der Waals surface area contributed by atoms with Gasteiger partial charge in [-0.3, -0.25) is 9.59 Å². The molecule has 2 aromatic heterocycles. The number of hydrogen-bond donors (Lipinski definition) is 1. The van der Waals surface area contributed by atoms with Gasteiger partial charge in [-0.2, -0.15) is 18.3 Å². The number of piperazine rings is 1. The van der Waals surface area contributed by atoms with E-state index in [2.05, 4.69) is 26.3 Å². The second-order valence-corrected chi connectivity index (χ2v) is 6.53. The number of carbonyl (C=O) groups is 2. The van der Waals surface area contributed by atoms with Crippen molar-refractivity contribution in [2.45, 2.75) is 19.5 Å². The summed E-state index contributed by atoms with van der Waals surface area (Å²) in [5.74, 6) is -0.847. The largest absolute Gasteiger partial charge is 0.433 e. The van der Waals surface area contributed by atoms with Crippen LogP contribution >= 0.6 is 15.9 Å². The lowest BCUT2D eigenvalue weighted by Crippen LogP contribution is -2.50. The molecule has 10 heteroatoms. The van der Waals surface area contributed by atoms with E-state index in [1.807, 2.05) is 0 Å². The van der Waals surface area contributed by atoms with Crippen LogP contribution in [-0.4, -0.2) is 46.0 Å². The number of pyridine rings is 1. The summed E-state index contributed by atoms with van der Waals surface area (Å²) in [5.41, 5.74) is -0.389. The Balaban J connectivity index is 2.16. The van der Waals surface area contributed by atoms with Crippen LogP contribution in [0.2, 0.25) is 0 Å². The topological polar surface area (TPSA) is 66.7 Å². The van der Waals surface area contributed by atoms with Gasteiger partial charge in [0.15, 0.2) is 5.69 Å². The molecule has 6 nitrogen and oxygen atoms in total. The Bertz CT molecular complexity index is 863. The number of nitrogens with zero attached hydrogens (tertiary/aromatic N) is 3. The van der Waals surface area contributed by atoms with Crippen LogP contribution in [0.1, 0.15) is 28.7 Å². The van der Waals surface area contributed by atoms with Gasteiger partial charge in [-0.05, 0) is 18.6 Å². The Morgan fingerprint density at radius 1 is 1.40 bits per heavy atom. The highest BCUT2D eigenvalue weighted by molar-refractivity contribution is 9.10. The average Bonchev–Trinajstić information content (AvgIpc) is 2.90. The summed E-state index contributed by atoms with van der Waals surface area (Å²) >= 11 is 3.08. The zero-order chi connectivity index (χ0) is 18.4. The predicted octanol–water partition coefficient (Wildman–Crippen LogP) is 2.25. The van der Waals surface area contributed by atoms with Crippen molar-refractivity contribution in [1.82, 2.24) is 19.8 Å². The maximum absolute atomic E-state index is 13.3. The van der Waals surface area contributed by atoms with Gasteiger partial charge < -0.3 is 10.2 Å². The fourth-order valence-corrected chi connectivity index (χ4v) is 3.28. The highest BCUT2D eigenvalue weighted by Crippen LogP contribution is 2.33. The molecule has 3 heterocycles. The highest BCUT2D eigenvalue weighted by Gasteiger charge is 2.36. The van der Waals surface area contributed by atoms with Gasteiger partial charge in [0.05, 0.1) is 12.1 Å². The lowest BCUT2D eigenvalue weighted by molar-refractivity contribution is -0.142. The SMILES string of the molecule is CCc1c(C(=O)N2CCNC(=O)C2)nn2c(C(F)(F)F)cc(Br)cc12. The first-order chi connectivity index (χ1) is 11.7. The molecule has 0 atom stereocenters. The standard InChI is InChI=1S/C15H14BrF3N4O2/c1-2-9-10-5-8(16)6-11(15(17,18)19)23(10)21-13(9)14(25)22-4-3-20-12(24)7-22/h5-6H,2-4,7H2,1H3,(H,20,24). The van der Waals surface area contributed by atoms with E-state index < -0.39 is 17.8 Å². The summed E-state index contributed by atoms with van der Waals surface area (Å²) in [6.07, 6.45) is -4.29. The molecule has 25 heavy (non-hydrogen) atoms. The van der Waals surface area contributed by atoms with E-state index in [0.717, 1.165) is 10.6 Å². The molecule has 2 amide bonds. The first-order valence-corrected chi connectivity index (χ1v) is 8.36. The number of hydrogen-bond acceptors (Lipinski definition) is 3. The van der Waals surface area contributed by atoms with Crippen molar-refractivity contribution in [3.8, 4) is 0 Å². The molecule has 0 radical (unpaired) electrons. The molecule has 134 valence electrons. The van der Waals surface area contributed by atoms with E-state index in [1.165, 1.54) is 11.0 Å². The Morgan fingerprint density at radius 2 is 2.12 bits per heavy atom. The molecule has 2 aromatic rings. The first kappa shape index (κ1) is 17.7. The maximum Gasteiger partial charge on any atom is 0.433 e. The monoisotopic (exact) mass is 418 g/mol. The highest BCUT2D eigenvalue weighted by atomic mass is 79.9. The minimum atomic E-state index is -4.62. The van der Waals surface area contributed by atoms with Crippen LogP contribution < -0.4 is 5.32 Å². The number of rotatable bonds is 2. The maximum atomic E-state index is 13.3. The van der Waals surface area contributed by atoms with Gasteiger partial charge in [0.1, 0.15) is 5.69 Å². The van der Waals surface area contributed by atoms with Crippen molar-refractivity contribution in [3.05, 3.63) is 33.6 Å². The van der Waals surface area contributed by atoms with E-state index in [9.17, 15) is 22.8 Å². The lowest BCUT2D eigenvalue weighted by atomic mass is 10.1. The summed E-state index contributed by atoms with van der Waals surface area (Å²) in [6, 6.07) is 2.42. The number of alkyl halides is 3. The first-order valence-electron chi connectivity index (χ1n) is 7.56. The van der Waals surface area contributed by atoms with Crippen LogP contribution in [0.15, 0.2) is 16.6 Å². The second kappa shape index (κ2) is 6.32. The van der Waals surface area contributed by atoms with Gasteiger partial charge in [-0.25, -0.2) is 4.52 Å². The number of fused-ring (bicyclic) bond motifs is 1. The summed E-state index contributed by atoms with van der Waals surface area (Å²) in [6.45, 7) is 2.20. The lowest BCUT2D eigenvalue weighted by Gasteiger charge is -2.26. The van der Waals surface area contributed by atoms with Crippen LogP contribution in [0.4, 0.5) is 13.2 Å². The molecule has 0 unspecified atom stereocenters. The van der Waals surface area contributed by atoms with Crippen LogP contribution in [-0.2, 0) is 17.4 Å². The smallest absolute Gasteiger partial charge is 0.353 e. The molecule has 0 aromatic carbocycles. The Kier molecular flexibility index (Phi) is 4.48. The minimum absolute atomic E-state index is 0.0548. The Morgan fingerprint density at radius 3 is 2.72 bits per heavy atom. The summed E-state index contributed by atoms with van der Waals surface area (Å²) < 4.78 is 41.0. The number of nitrogens with one attached hydrogen (secondary N) is 1. The Labute approximate surface area is 149 Å². The molecular formula is C15H14BrF3N4O2. The molecule has 3 rings (SSSR count). The van der Waals surface area contributed by atoms with Crippen molar-refractivity contribution < 1.29 is 22.8 Å². The quantitative estimate of drug-likeness (QED) is 0.813. The minimum Gasteiger partial charge on any atom is -0.353 e. The summed E-state index contributed by atoms with van der Waals surface area (Å²) in [4.78, 5) is 25.5. The summed E-state index contributed by atoms with van der Waals surface area (Å²) in [7, 11) is 0. The number of halogens is 4. The average molecular weight is 419 g/mol. The van der Waals surface area contributed by atoms with Crippen molar-refractivity contribution in [2.24, 2.45) is 0 Å².